The molecular weight excluding hydrogens is 530 g/mol. The molecule has 10 nitrogen and oxygen atoms in total. The summed E-state index contributed by atoms with van der Waals surface area (Å²) in [5.41, 5.74) is 2.30. The fourth-order valence-corrected chi connectivity index (χ4v) is 6.97. The van der Waals surface area contributed by atoms with Crippen LogP contribution in [0.25, 0.3) is 16.7 Å². The van der Waals surface area contributed by atoms with Crippen LogP contribution in [0.1, 0.15) is 52.4 Å². The van der Waals surface area contributed by atoms with Crippen LogP contribution in [0.15, 0.2) is 42.7 Å². The molecule has 42 heavy (non-hydrogen) atoms. The first-order valence-corrected chi connectivity index (χ1v) is 15.5. The topological polar surface area (TPSA) is 107 Å². The zero-order chi connectivity index (χ0) is 29.2. The maximum absolute atomic E-state index is 13.0. The lowest BCUT2D eigenvalue weighted by Gasteiger charge is -2.42. The number of carbonyl (C=O) groups is 2. The number of aliphatic hydroxyl groups is 1. The van der Waals surface area contributed by atoms with Crippen molar-refractivity contribution in [1.82, 2.24) is 24.3 Å². The molecule has 0 bridgehead atoms. The Hall–Kier alpha value is -3.50. The molecule has 0 spiro atoms. The maximum atomic E-state index is 13.0. The average molecular weight is 574 g/mol. The molecule has 2 atom stereocenters. The summed E-state index contributed by atoms with van der Waals surface area (Å²) in [5.74, 6) is 1.75. The number of nitrogens with one attached hydrogen (secondary N) is 1. The van der Waals surface area contributed by atoms with Crippen LogP contribution >= 0.6 is 0 Å². The summed E-state index contributed by atoms with van der Waals surface area (Å²) in [5, 5.41) is 14.5. The molecule has 3 fully saturated rings. The minimum Gasteiger partial charge on any atom is -0.393 e. The van der Waals surface area contributed by atoms with Gasteiger partial charge in [-0.25, -0.2) is 4.98 Å². The number of nitrogens with zero attached hydrogens (tertiary/aromatic N) is 6. The molecule has 1 aliphatic carbocycles. The number of aliphatic hydroxyl groups excluding tert-OH is 1. The van der Waals surface area contributed by atoms with Gasteiger partial charge in [0.15, 0.2) is 0 Å². The Morgan fingerprint density at radius 2 is 1.83 bits per heavy atom. The molecule has 0 radical (unpaired) electrons. The van der Waals surface area contributed by atoms with Crippen LogP contribution < -0.4 is 10.2 Å². The van der Waals surface area contributed by atoms with Gasteiger partial charge in [0.1, 0.15) is 12.1 Å². The molecule has 2 aliphatic heterocycles. The highest BCUT2D eigenvalue weighted by Gasteiger charge is 2.32. The Balaban J connectivity index is 1.11. The van der Waals surface area contributed by atoms with Crippen LogP contribution in [0.5, 0.6) is 0 Å². The van der Waals surface area contributed by atoms with Crippen molar-refractivity contribution in [1.29, 1.82) is 0 Å². The van der Waals surface area contributed by atoms with Crippen LogP contribution in [-0.4, -0.2) is 98.6 Å². The third-order valence-corrected chi connectivity index (χ3v) is 9.52. The zero-order valence-corrected chi connectivity index (χ0v) is 24.7. The summed E-state index contributed by atoms with van der Waals surface area (Å²) >= 11 is 0. The van der Waals surface area contributed by atoms with E-state index in [-0.39, 0.29) is 30.0 Å². The van der Waals surface area contributed by atoms with Gasteiger partial charge in [0.05, 0.1) is 17.7 Å². The van der Waals surface area contributed by atoms with Crippen LogP contribution in [-0.2, 0) is 9.59 Å². The van der Waals surface area contributed by atoms with E-state index in [1.807, 2.05) is 17.9 Å². The number of benzene rings is 1. The molecule has 4 heterocycles. The number of hydrogen-bond acceptors (Lipinski definition) is 8. The predicted octanol–water partition coefficient (Wildman–Crippen LogP) is 3.47. The molecule has 10 heteroatoms. The second kappa shape index (κ2) is 12.4. The Kier molecular flexibility index (Phi) is 8.44. The molecule has 224 valence electrons. The molecule has 1 amide bonds. The second-order valence-electron chi connectivity index (χ2n) is 12.3. The molecule has 3 aromatic rings. The predicted molar refractivity (Wildman–Crippen MR) is 164 cm³/mol. The van der Waals surface area contributed by atoms with E-state index < -0.39 is 0 Å². The summed E-state index contributed by atoms with van der Waals surface area (Å²) in [6.45, 7) is 8.13. The van der Waals surface area contributed by atoms with E-state index in [2.05, 4.69) is 62.1 Å². The van der Waals surface area contributed by atoms with Crippen molar-refractivity contribution in [2.45, 2.75) is 76.6 Å². The molecule has 6 rings (SSSR count). The lowest BCUT2D eigenvalue weighted by molar-refractivity contribution is -0.138. The summed E-state index contributed by atoms with van der Waals surface area (Å²) in [4.78, 5) is 40.3. The summed E-state index contributed by atoms with van der Waals surface area (Å²) < 4.78 is 2.12. The minimum absolute atomic E-state index is 0.0556. The average Bonchev–Trinajstić information content (AvgIpc) is 3.46. The number of carbonyl (C=O) groups excluding carboxylic acids is 2. The number of piperazine rings is 1. The van der Waals surface area contributed by atoms with E-state index in [4.69, 9.17) is 4.98 Å². The van der Waals surface area contributed by atoms with E-state index >= 15 is 0 Å². The van der Waals surface area contributed by atoms with E-state index in [1.54, 1.807) is 6.20 Å². The molecule has 1 aromatic carbocycles. The van der Waals surface area contributed by atoms with Gasteiger partial charge in [-0.3, -0.25) is 9.69 Å². The van der Waals surface area contributed by atoms with Crippen LogP contribution in [0.4, 0.5) is 11.6 Å². The normalized spacial score (nSPS) is 25.0. The largest absolute Gasteiger partial charge is 0.393 e. The molecule has 2 aromatic heterocycles. The van der Waals surface area contributed by atoms with Gasteiger partial charge in [-0.15, -0.1) is 0 Å². The minimum atomic E-state index is -0.264. The van der Waals surface area contributed by atoms with Crippen molar-refractivity contribution in [2.24, 2.45) is 5.92 Å². The van der Waals surface area contributed by atoms with E-state index in [0.29, 0.717) is 37.9 Å². The fourth-order valence-electron chi connectivity index (χ4n) is 6.97. The van der Waals surface area contributed by atoms with Crippen molar-refractivity contribution >= 4 is 34.7 Å². The van der Waals surface area contributed by atoms with E-state index in [1.165, 1.54) is 11.1 Å². The van der Waals surface area contributed by atoms with Crippen LogP contribution in [0.3, 0.4) is 0 Å². The number of aldehydes is 1. The third kappa shape index (κ3) is 5.87. The van der Waals surface area contributed by atoms with Gasteiger partial charge in [0.2, 0.25) is 11.9 Å². The second-order valence-corrected chi connectivity index (χ2v) is 12.3. The van der Waals surface area contributed by atoms with Crippen molar-refractivity contribution in [3.63, 3.8) is 0 Å². The number of amides is 1. The van der Waals surface area contributed by atoms with Gasteiger partial charge in [-0.2, -0.15) is 4.98 Å². The van der Waals surface area contributed by atoms with Crippen LogP contribution in [0, 0.1) is 5.92 Å². The van der Waals surface area contributed by atoms with Gasteiger partial charge < -0.3 is 29.6 Å². The van der Waals surface area contributed by atoms with Gasteiger partial charge in [0, 0.05) is 74.2 Å². The number of likely N-dealkylation sites (tertiary alicyclic amines) is 1. The Morgan fingerprint density at radius 1 is 1.05 bits per heavy atom. The standard InChI is InChI=1S/C32H43N7O3/c1-22-20-37(23(2)21-40)18-19-38(22)28-4-3-5-29-27(28)13-17-39(29)30-10-14-33-32(35-30)34-25-8-6-24(7-9-25)31(42)36-15-11-26(41)12-16-36/h3-5,10,13-14,17,21-26,41H,6-9,11-12,15-16,18-20H2,1-2H3,(H,33,34,35). The lowest BCUT2D eigenvalue weighted by Crippen LogP contribution is -2.54. The monoisotopic (exact) mass is 573 g/mol. The molecular formula is C32H43N7O3. The Labute approximate surface area is 247 Å². The van der Waals surface area contributed by atoms with E-state index in [0.717, 1.165) is 62.9 Å². The van der Waals surface area contributed by atoms with Crippen molar-refractivity contribution < 1.29 is 14.7 Å². The van der Waals surface area contributed by atoms with Crippen LogP contribution in [0.2, 0.25) is 0 Å². The van der Waals surface area contributed by atoms with Gasteiger partial charge in [-0.05, 0) is 76.6 Å². The number of anilines is 2. The van der Waals surface area contributed by atoms with Crippen molar-refractivity contribution in [3.8, 4) is 5.82 Å². The molecule has 1 saturated carbocycles. The highest BCUT2D eigenvalue weighted by molar-refractivity contribution is 5.94. The molecule has 2 N–H and O–H groups in total. The lowest BCUT2D eigenvalue weighted by atomic mass is 9.85. The third-order valence-electron chi connectivity index (χ3n) is 9.52. The quantitative estimate of drug-likeness (QED) is 0.414. The summed E-state index contributed by atoms with van der Waals surface area (Å²) in [6, 6.07) is 11.0. The first kappa shape index (κ1) is 28.6. The first-order chi connectivity index (χ1) is 20.4. The van der Waals surface area contributed by atoms with Gasteiger partial charge >= 0.3 is 0 Å². The fraction of sp³-hybridized carbons (Fsp3) is 0.562. The maximum Gasteiger partial charge on any atom is 0.225 e. The highest BCUT2D eigenvalue weighted by atomic mass is 16.3. The molecule has 2 saturated heterocycles. The number of aromatic nitrogens is 3. The van der Waals surface area contributed by atoms with Crippen molar-refractivity contribution in [2.75, 3.05) is 42.9 Å². The summed E-state index contributed by atoms with van der Waals surface area (Å²) in [6.07, 6.45) is 9.56. The zero-order valence-electron chi connectivity index (χ0n) is 24.7. The number of hydrogen-bond donors (Lipinski definition) is 2. The van der Waals surface area contributed by atoms with Crippen molar-refractivity contribution in [3.05, 3.63) is 42.7 Å². The highest BCUT2D eigenvalue weighted by Crippen LogP contribution is 2.33. The van der Waals surface area contributed by atoms with E-state index in [9.17, 15) is 14.7 Å². The molecule has 2 unspecified atom stereocenters. The molecule has 3 aliphatic rings. The number of fused-ring (bicyclic) bond motifs is 1. The first-order valence-electron chi connectivity index (χ1n) is 15.5. The van der Waals surface area contributed by atoms with Gasteiger partial charge in [-0.1, -0.05) is 6.07 Å². The Morgan fingerprint density at radius 3 is 2.57 bits per heavy atom. The summed E-state index contributed by atoms with van der Waals surface area (Å²) in [7, 11) is 0. The van der Waals surface area contributed by atoms with Gasteiger partial charge in [0.25, 0.3) is 0 Å². The number of rotatable bonds is 7. The smallest absolute Gasteiger partial charge is 0.225 e. The number of piperidine rings is 1. The SMILES string of the molecule is CC(C=O)N1CCN(c2cccc3c2ccn3-c2ccnc(NC3CCC(C(=O)N4CCC(O)CC4)CC3)n2)C(C)C1. The Bertz CT molecular complexity index is 1390.